The molecule has 1 heterocycles. The molecule has 1 fully saturated rings. The van der Waals surface area contributed by atoms with Gasteiger partial charge in [-0.2, -0.15) is 0 Å². The highest BCUT2D eigenvalue weighted by Gasteiger charge is 2.68. The number of hydrogen-bond acceptors (Lipinski definition) is 6. The molecule has 1 aliphatic heterocycles. The van der Waals surface area contributed by atoms with E-state index in [9.17, 15) is 13.5 Å². The van der Waals surface area contributed by atoms with Gasteiger partial charge in [-0.25, -0.2) is 8.42 Å². The molecule has 2 aliphatic rings. The zero-order valence-electron chi connectivity index (χ0n) is 11.1. The second kappa shape index (κ2) is 4.34. The summed E-state index contributed by atoms with van der Waals surface area (Å²) in [6.07, 6.45) is 1.19. The molecule has 0 spiro atoms. The monoisotopic (exact) mass is 299 g/mol. The average molecular weight is 299 g/mol. The third kappa shape index (κ3) is 1.81. The first-order chi connectivity index (χ1) is 9.44. The van der Waals surface area contributed by atoms with Crippen LogP contribution in [0.15, 0.2) is 18.2 Å². The molecule has 6 nitrogen and oxygen atoms in total. The van der Waals surface area contributed by atoms with E-state index in [2.05, 4.69) is 0 Å². The molecule has 0 amide bonds. The highest BCUT2D eigenvalue weighted by atomic mass is 32.2. The number of rotatable bonds is 4. The number of sulfone groups is 1. The van der Waals surface area contributed by atoms with Crippen molar-refractivity contribution in [2.45, 2.75) is 11.2 Å². The van der Waals surface area contributed by atoms with E-state index in [0.717, 1.165) is 5.56 Å². The van der Waals surface area contributed by atoms with Crippen molar-refractivity contribution >= 4 is 9.84 Å². The third-order valence-electron chi connectivity index (χ3n) is 4.27. The molecular weight excluding hydrogens is 282 g/mol. The molecule has 1 aromatic rings. The molecule has 0 unspecified atom stereocenters. The molecule has 1 aromatic carbocycles. The highest BCUT2D eigenvalue weighted by molar-refractivity contribution is 7.91. The molecule has 3 rings (SSSR count). The van der Waals surface area contributed by atoms with Gasteiger partial charge in [-0.15, -0.1) is 0 Å². The van der Waals surface area contributed by atoms with Crippen molar-refractivity contribution in [1.29, 1.82) is 0 Å². The van der Waals surface area contributed by atoms with Crippen LogP contribution >= 0.6 is 0 Å². The van der Waals surface area contributed by atoms with E-state index in [1.807, 2.05) is 6.07 Å². The van der Waals surface area contributed by atoms with Crippen molar-refractivity contribution < 1.29 is 23.0 Å². The molecule has 3 atom stereocenters. The van der Waals surface area contributed by atoms with Crippen molar-refractivity contribution in [3.63, 3.8) is 0 Å². The Morgan fingerprint density at radius 1 is 1.40 bits per heavy atom. The summed E-state index contributed by atoms with van der Waals surface area (Å²) in [4.78, 5) is 0. The molecule has 1 saturated carbocycles. The van der Waals surface area contributed by atoms with Crippen LogP contribution in [-0.4, -0.2) is 45.0 Å². The van der Waals surface area contributed by atoms with E-state index in [1.54, 1.807) is 12.1 Å². The second-order valence-electron chi connectivity index (χ2n) is 5.44. The SMILES string of the molecule is CS(=O)(=O)[C@H]1[C@@H](c2ccc3c(c2)OCO3)[C@@]1(CN)CO. The first kappa shape index (κ1) is 13.7. The highest BCUT2D eigenvalue weighted by Crippen LogP contribution is 2.62. The molecule has 0 radical (unpaired) electrons. The van der Waals surface area contributed by atoms with Crippen LogP contribution < -0.4 is 15.2 Å². The van der Waals surface area contributed by atoms with Crippen molar-refractivity contribution in [3.8, 4) is 11.5 Å². The number of nitrogens with two attached hydrogens (primary N) is 1. The average Bonchev–Trinajstić information content (AvgIpc) is 2.89. The number of ether oxygens (including phenoxy) is 2. The maximum absolute atomic E-state index is 11.9. The van der Waals surface area contributed by atoms with Crippen LogP contribution in [0.4, 0.5) is 0 Å². The van der Waals surface area contributed by atoms with Gasteiger partial charge in [0.05, 0.1) is 11.9 Å². The molecule has 3 N–H and O–H groups in total. The lowest BCUT2D eigenvalue weighted by Crippen LogP contribution is -2.27. The Bertz CT molecular complexity index is 638. The number of benzene rings is 1. The summed E-state index contributed by atoms with van der Waals surface area (Å²) in [6.45, 7) is 0.0433. The molecule has 0 bridgehead atoms. The largest absolute Gasteiger partial charge is 0.454 e. The first-order valence-corrected chi connectivity index (χ1v) is 8.29. The van der Waals surface area contributed by atoms with Gasteiger partial charge >= 0.3 is 0 Å². The lowest BCUT2D eigenvalue weighted by molar-refractivity contribution is 0.174. The third-order valence-corrected chi connectivity index (χ3v) is 5.94. The summed E-state index contributed by atoms with van der Waals surface area (Å²) in [5, 5.41) is 8.97. The van der Waals surface area contributed by atoms with Crippen molar-refractivity contribution in [2.24, 2.45) is 11.1 Å². The summed E-state index contributed by atoms with van der Waals surface area (Å²) >= 11 is 0. The van der Waals surface area contributed by atoms with E-state index in [4.69, 9.17) is 15.2 Å². The summed E-state index contributed by atoms with van der Waals surface area (Å²) in [5.41, 5.74) is 5.75. The first-order valence-electron chi connectivity index (χ1n) is 6.33. The lowest BCUT2D eigenvalue weighted by atomic mass is 10.00. The van der Waals surface area contributed by atoms with Gasteiger partial charge in [0.1, 0.15) is 0 Å². The van der Waals surface area contributed by atoms with Crippen molar-refractivity contribution in [2.75, 3.05) is 26.2 Å². The molecular formula is C13H17NO5S. The van der Waals surface area contributed by atoms with Crippen molar-refractivity contribution in [1.82, 2.24) is 0 Å². The number of fused-ring (bicyclic) bond motifs is 1. The normalized spacial score (nSPS) is 31.4. The second-order valence-corrected chi connectivity index (χ2v) is 7.60. The summed E-state index contributed by atoms with van der Waals surface area (Å²) in [6, 6.07) is 5.34. The Hall–Kier alpha value is -1.31. The number of aliphatic hydroxyl groups excluding tert-OH is 1. The Morgan fingerprint density at radius 3 is 2.65 bits per heavy atom. The van der Waals surface area contributed by atoms with Crippen LogP contribution in [0, 0.1) is 5.41 Å². The zero-order valence-corrected chi connectivity index (χ0v) is 11.9. The standard InChI is InChI=1S/C13H17NO5S/c1-20(16,17)12-11(13(12,5-14)6-15)8-2-3-9-10(4-8)19-7-18-9/h2-4,11-12,15H,5-7,14H2,1H3/t11-,12+,13-/m1/s1. The van der Waals surface area contributed by atoms with Gasteiger partial charge in [0.25, 0.3) is 0 Å². The summed E-state index contributed by atoms with van der Waals surface area (Å²) in [5.74, 6) is 0.945. The quantitative estimate of drug-likeness (QED) is 0.803. The number of aliphatic hydroxyl groups is 1. The van der Waals surface area contributed by atoms with E-state index in [0.29, 0.717) is 11.5 Å². The Kier molecular flexibility index (Phi) is 2.97. The molecule has 110 valence electrons. The van der Waals surface area contributed by atoms with Gasteiger partial charge in [-0.3, -0.25) is 0 Å². The van der Waals surface area contributed by atoms with Crippen LogP contribution in [-0.2, 0) is 9.84 Å². The fourth-order valence-electron chi connectivity index (χ4n) is 3.24. The van der Waals surface area contributed by atoms with Crippen LogP contribution in [0.2, 0.25) is 0 Å². The molecule has 0 saturated heterocycles. The topological polar surface area (TPSA) is 98.9 Å². The fraction of sp³-hybridized carbons (Fsp3) is 0.538. The van der Waals surface area contributed by atoms with Crippen LogP contribution in [0.1, 0.15) is 11.5 Å². The maximum Gasteiger partial charge on any atom is 0.231 e. The van der Waals surface area contributed by atoms with Crippen molar-refractivity contribution in [3.05, 3.63) is 23.8 Å². The van der Waals surface area contributed by atoms with Crippen LogP contribution in [0.3, 0.4) is 0 Å². The predicted molar refractivity (Wildman–Crippen MR) is 72.5 cm³/mol. The van der Waals surface area contributed by atoms with Crippen LogP contribution in [0.25, 0.3) is 0 Å². The maximum atomic E-state index is 11.9. The molecule has 1 aliphatic carbocycles. The van der Waals surface area contributed by atoms with Gasteiger partial charge in [-0.1, -0.05) is 6.07 Å². The Balaban J connectivity index is 2.01. The number of hydrogen-bond donors (Lipinski definition) is 2. The van der Waals surface area contributed by atoms with Gasteiger partial charge < -0.3 is 20.3 Å². The van der Waals surface area contributed by atoms with Crippen LogP contribution in [0.5, 0.6) is 11.5 Å². The van der Waals surface area contributed by atoms with E-state index >= 15 is 0 Å². The van der Waals surface area contributed by atoms with E-state index < -0.39 is 20.5 Å². The van der Waals surface area contributed by atoms with E-state index in [-0.39, 0.29) is 25.9 Å². The summed E-state index contributed by atoms with van der Waals surface area (Å²) < 4.78 is 34.4. The van der Waals surface area contributed by atoms with Gasteiger partial charge in [0.15, 0.2) is 21.3 Å². The zero-order chi connectivity index (χ0) is 14.5. The predicted octanol–water partition coefficient (Wildman–Crippen LogP) is -0.137. The van der Waals surface area contributed by atoms with Gasteiger partial charge in [0, 0.05) is 24.1 Å². The van der Waals surface area contributed by atoms with E-state index in [1.165, 1.54) is 6.26 Å². The van der Waals surface area contributed by atoms with Gasteiger partial charge in [-0.05, 0) is 17.7 Å². The smallest absolute Gasteiger partial charge is 0.231 e. The Morgan fingerprint density at radius 2 is 2.10 bits per heavy atom. The minimum atomic E-state index is -3.28. The molecule has 0 aromatic heterocycles. The minimum Gasteiger partial charge on any atom is -0.454 e. The molecule has 20 heavy (non-hydrogen) atoms. The fourth-order valence-corrected chi connectivity index (χ4v) is 5.25. The van der Waals surface area contributed by atoms with Gasteiger partial charge in [0.2, 0.25) is 6.79 Å². The minimum absolute atomic E-state index is 0.125. The Labute approximate surface area is 117 Å². The lowest BCUT2D eigenvalue weighted by Gasteiger charge is -2.11. The summed E-state index contributed by atoms with van der Waals surface area (Å²) in [7, 11) is -3.28. The molecule has 7 heteroatoms.